The number of rotatable bonds is 4. The molecule has 0 aliphatic heterocycles. The van der Waals surface area contributed by atoms with Gasteiger partial charge in [-0.3, -0.25) is 10.3 Å². The molecule has 58 valence electrons. The van der Waals surface area contributed by atoms with E-state index in [2.05, 4.69) is 5.48 Å². The van der Waals surface area contributed by atoms with Gasteiger partial charge in [0.2, 0.25) is 0 Å². The Hall–Kier alpha value is -1.35. The van der Waals surface area contributed by atoms with Crippen molar-refractivity contribution in [3.05, 3.63) is 30.3 Å². The molecule has 0 bridgehead atoms. The van der Waals surface area contributed by atoms with Gasteiger partial charge in [0.1, 0.15) is 12.9 Å². The molecule has 0 heterocycles. The Balaban J connectivity index is 2.33. The van der Waals surface area contributed by atoms with E-state index >= 15 is 0 Å². The summed E-state index contributed by atoms with van der Waals surface area (Å²) in [6.45, 7) is 0.0644. The zero-order valence-electron chi connectivity index (χ0n) is 5.99. The van der Waals surface area contributed by atoms with Crippen LogP contribution in [0.15, 0.2) is 30.3 Å². The molecule has 0 fully saturated rings. The van der Waals surface area contributed by atoms with Crippen molar-refractivity contribution in [3.8, 4) is 0 Å². The van der Waals surface area contributed by atoms with E-state index in [1.807, 2.05) is 30.3 Å². The van der Waals surface area contributed by atoms with E-state index in [1.54, 1.807) is 0 Å². The van der Waals surface area contributed by atoms with Crippen LogP contribution in [0.4, 0.5) is 5.69 Å². The van der Waals surface area contributed by atoms with Crippen LogP contribution in [-0.4, -0.2) is 12.9 Å². The van der Waals surface area contributed by atoms with Crippen molar-refractivity contribution in [2.45, 2.75) is 0 Å². The molecule has 0 aliphatic carbocycles. The van der Waals surface area contributed by atoms with Crippen molar-refractivity contribution in [1.82, 2.24) is 0 Å². The highest BCUT2D eigenvalue weighted by Gasteiger charge is 1.86. The summed E-state index contributed by atoms with van der Waals surface area (Å²) in [6, 6.07) is 9.37. The van der Waals surface area contributed by atoms with E-state index in [9.17, 15) is 4.79 Å². The molecular weight excluding hydrogens is 142 g/mol. The first kappa shape index (κ1) is 7.75. The Bertz CT molecular complexity index is 211. The number of nitrogens with one attached hydrogen (secondary N) is 1. The molecule has 0 saturated carbocycles. The van der Waals surface area contributed by atoms with E-state index in [0.717, 1.165) is 5.69 Å². The van der Waals surface area contributed by atoms with E-state index in [4.69, 9.17) is 4.84 Å². The average Bonchev–Trinajstić information content (AvgIpc) is 2.07. The summed E-state index contributed by atoms with van der Waals surface area (Å²) >= 11 is 0. The quantitative estimate of drug-likeness (QED) is 0.399. The maximum absolute atomic E-state index is 9.83. The normalized spacial score (nSPS) is 9.09. The molecule has 0 aromatic heterocycles. The zero-order valence-corrected chi connectivity index (χ0v) is 5.99. The maximum atomic E-state index is 9.83. The lowest BCUT2D eigenvalue weighted by Crippen LogP contribution is -2.02. The van der Waals surface area contributed by atoms with Gasteiger partial charge in [0.05, 0.1) is 5.69 Å². The summed E-state index contributed by atoms with van der Waals surface area (Å²) in [5.74, 6) is 0. The SMILES string of the molecule is O=CCONc1ccccc1. The first-order valence-electron chi connectivity index (χ1n) is 3.30. The van der Waals surface area contributed by atoms with E-state index in [1.165, 1.54) is 0 Å². The first-order valence-corrected chi connectivity index (χ1v) is 3.30. The standard InChI is InChI=1S/C8H9NO2/c10-6-7-11-9-8-4-2-1-3-5-8/h1-6,9H,7H2. The van der Waals surface area contributed by atoms with Gasteiger partial charge >= 0.3 is 0 Å². The molecule has 11 heavy (non-hydrogen) atoms. The van der Waals surface area contributed by atoms with Crippen LogP contribution in [0.1, 0.15) is 0 Å². The van der Waals surface area contributed by atoms with Gasteiger partial charge in [-0.15, -0.1) is 0 Å². The third-order valence-corrected chi connectivity index (χ3v) is 1.12. The summed E-state index contributed by atoms with van der Waals surface area (Å²) in [5, 5.41) is 0. The van der Waals surface area contributed by atoms with Crippen LogP contribution < -0.4 is 5.48 Å². The summed E-state index contributed by atoms with van der Waals surface area (Å²) in [5.41, 5.74) is 3.46. The summed E-state index contributed by atoms with van der Waals surface area (Å²) in [7, 11) is 0. The molecule has 3 nitrogen and oxygen atoms in total. The van der Waals surface area contributed by atoms with Gasteiger partial charge < -0.3 is 4.79 Å². The van der Waals surface area contributed by atoms with Crippen LogP contribution >= 0.6 is 0 Å². The van der Waals surface area contributed by atoms with Gasteiger partial charge in [-0.1, -0.05) is 18.2 Å². The third kappa shape index (κ3) is 2.82. The summed E-state index contributed by atoms with van der Waals surface area (Å²) in [4.78, 5) is 14.6. The first-order chi connectivity index (χ1) is 5.43. The largest absolute Gasteiger partial charge is 0.301 e. The van der Waals surface area contributed by atoms with Gasteiger partial charge in [0.15, 0.2) is 0 Å². The fraction of sp³-hybridized carbons (Fsp3) is 0.125. The zero-order chi connectivity index (χ0) is 7.94. The molecule has 1 aromatic carbocycles. The highest BCUT2D eigenvalue weighted by atomic mass is 16.6. The van der Waals surface area contributed by atoms with Crippen molar-refractivity contribution >= 4 is 12.0 Å². The topological polar surface area (TPSA) is 38.3 Å². The number of hydrogen-bond donors (Lipinski definition) is 1. The van der Waals surface area contributed by atoms with E-state index < -0.39 is 0 Å². The molecule has 0 radical (unpaired) electrons. The molecule has 0 spiro atoms. The van der Waals surface area contributed by atoms with Crippen LogP contribution in [0, 0.1) is 0 Å². The molecule has 0 saturated heterocycles. The fourth-order valence-corrected chi connectivity index (χ4v) is 0.665. The van der Waals surface area contributed by atoms with Crippen LogP contribution in [0.25, 0.3) is 0 Å². The molecule has 1 rings (SSSR count). The highest BCUT2D eigenvalue weighted by Crippen LogP contribution is 2.03. The predicted octanol–water partition coefficient (Wildman–Crippen LogP) is 1.23. The van der Waals surface area contributed by atoms with E-state index in [0.29, 0.717) is 6.29 Å². The second kappa shape index (κ2) is 4.46. The van der Waals surface area contributed by atoms with Crippen molar-refractivity contribution in [1.29, 1.82) is 0 Å². The van der Waals surface area contributed by atoms with Crippen LogP contribution in [-0.2, 0) is 9.63 Å². The van der Waals surface area contributed by atoms with Crippen LogP contribution in [0.2, 0.25) is 0 Å². The predicted molar refractivity (Wildman–Crippen MR) is 42.1 cm³/mol. The van der Waals surface area contributed by atoms with Crippen molar-refractivity contribution in [2.24, 2.45) is 0 Å². The van der Waals surface area contributed by atoms with Crippen molar-refractivity contribution in [3.63, 3.8) is 0 Å². The van der Waals surface area contributed by atoms with E-state index in [-0.39, 0.29) is 6.61 Å². The van der Waals surface area contributed by atoms with Gasteiger partial charge in [-0.25, -0.2) is 0 Å². The Morgan fingerprint density at radius 2 is 2.09 bits per heavy atom. The lowest BCUT2D eigenvalue weighted by molar-refractivity contribution is -0.111. The van der Waals surface area contributed by atoms with Gasteiger partial charge in [0, 0.05) is 0 Å². The van der Waals surface area contributed by atoms with Crippen molar-refractivity contribution < 1.29 is 9.63 Å². The monoisotopic (exact) mass is 151 g/mol. The van der Waals surface area contributed by atoms with Crippen LogP contribution in [0.3, 0.4) is 0 Å². The molecule has 3 heteroatoms. The van der Waals surface area contributed by atoms with Gasteiger partial charge in [-0.05, 0) is 12.1 Å². The summed E-state index contributed by atoms with van der Waals surface area (Å²) < 4.78 is 0. The average molecular weight is 151 g/mol. The lowest BCUT2D eigenvalue weighted by atomic mass is 10.3. The second-order valence-electron chi connectivity index (χ2n) is 1.95. The number of carbonyl (C=O) groups excluding carboxylic acids is 1. The number of anilines is 1. The number of benzene rings is 1. The molecule has 1 N–H and O–H groups in total. The third-order valence-electron chi connectivity index (χ3n) is 1.12. The molecule has 0 unspecified atom stereocenters. The van der Waals surface area contributed by atoms with Gasteiger partial charge in [-0.2, -0.15) is 0 Å². The Morgan fingerprint density at radius 3 is 2.73 bits per heavy atom. The minimum absolute atomic E-state index is 0.0644. The lowest BCUT2D eigenvalue weighted by Gasteiger charge is -2.01. The number of carbonyl (C=O) groups is 1. The minimum atomic E-state index is 0.0644. The Kier molecular flexibility index (Phi) is 3.15. The maximum Gasteiger partial charge on any atom is 0.148 e. The molecule has 0 atom stereocenters. The van der Waals surface area contributed by atoms with Crippen molar-refractivity contribution in [2.75, 3.05) is 12.1 Å². The Morgan fingerprint density at radius 1 is 1.36 bits per heavy atom. The number of aldehydes is 1. The fourth-order valence-electron chi connectivity index (χ4n) is 0.665. The van der Waals surface area contributed by atoms with Gasteiger partial charge in [0.25, 0.3) is 0 Å². The number of hydrogen-bond acceptors (Lipinski definition) is 3. The molecular formula is C8H9NO2. The minimum Gasteiger partial charge on any atom is -0.301 e. The Labute approximate surface area is 64.9 Å². The number of para-hydroxylation sites is 1. The molecule has 1 aromatic rings. The highest BCUT2D eigenvalue weighted by molar-refractivity contribution is 5.51. The smallest absolute Gasteiger partial charge is 0.148 e. The molecule has 0 amide bonds. The van der Waals surface area contributed by atoms with Crippen LogP contribution in [0.5, 0.6) is 0 Å². The summed E-state index contributed by atoms with van der Waals surface area (Å²) in [6.07, 6.45) is 0.690. The second-order valence-corrected chi connectivity index (χ2v) is 1.95. The molecule has 0 aliphatic rings.